The number of benzene rings is 2. The van der Waals surface area contributed by atoms with Crippen LogP contribution in [0.5, 0.6) is 0 Å². The van der Waals surface area contributed by atoms with Gasteiger partial charge in [-0.1, -0.05) is 42.5 Å². The quantitative estimate of drug-likeness (QED) is 0.740. The molecule has 3 aromatic rings. The van der Waals surface area contributed by atoms with E-state index >= 15 is 0 Å². The second-order valence-corrected chi connectivity index (χ2v) is 6.52. The van der Waals surface area contributed by atoms with Gasteiger partial charge in [0.15, 0.2) is 0 Å². The normalized spacial score (nSPS) is 17.8. The zero-order valence-electron chi connectivity index (χ0n) is 13.9. The summed E-state index contributed by atoms with van der Waals surface area (Å²) >= 11 is 0. The van der Waals surface area contributed by atoms with Gasteiger partial charge in [0.25, 0.3) is 0 Å². The minimum absolute atomic E-state index is 0.186. The number of carbonyl (C=O) groups excluding carboxylic acids is 1. The molecule has 0 unspecified atom stereocenters. The fourth-order valence-electron chi connectivity index (χ4n) is 3.56. The highest BCUT2D eigenvalue weighted by Gasteiger charge is 2.31. The summed E-state index contributed by atoms with van der Waals surface area (Å²) < 4.78 is 2.30. The van der Waals surface area contributed by atoms with Gasteiger partial charge >= 0.3 is 0 Å². The number of hydrogen-bond acceptors (Lipinski definition) is 2. The van der Waals surface area contributed by atoms with Crippen LogP contribution in [0.3, 0.4) is 0 Å². The molecule has 0 saturated carbocycles. The summed E-state index contributed by atoms with van der Waals surface area (Å²) in [4.78, 5) is 18.6. The topological polar surface area (TPSA) is 38.1 Å². The molecule has 0 N–H and O–H groups in total. The summed E-state index contributed by atoms with van der Waals surface area (Å²) in [7, 11) is 1.87. The first-order chi connectivity index (χ1) is 11.7. The van der Waals surface area contributed by atoms with Crippen molar-refractivity contribution in [3.8, 4) is 0 Å². The first-order valence-corrected chi connectivity index (χ1v) is 8.45. The Bertz CT molecular complexity index is 869. The summed E-state index contributed by atoms with van der Waals surface area (Å²) in [5.74, 6) is 1.44. The number of aryl methyl sites for hydroxylation is 2. The van der Waals surface area contributed by atoms with Crippen LogP contribution < -0.4 is 0 Å². The molecular weight excluding hydrogens is 298 g/mol. The summed E-state index contributed by atoms with van der Waals surface area (Å²) in [6.07, 6.45) is 1.52. The van der Waals surface area contributed by atoms with E-state index in [1.54, 1.807) is 0 Å². The molecule has 4 rings (SSSR count). The van der Waals surface area contributed by atoms with E-state index in [4.69, 9.17) is 4.98 Å². The molecule has 0 bridgehead atoms. The maximum atomic E-state index is 12.0. The average Bonchev–Trinajstić information content (AvgIpc) is 3.14. The number of fused-ring (bicyclic) bond motifs is 1. The third kappa shape index (κ3) is 2.68. The van der Waals surface area contributed by atoms with Gasteiger partial charge < -0.3 is 9.47 Å². The minimum Gasteiger partial charge on any atom is -0.345 e. The Balaban J connectivity index is 1.69. The molecule has 0 aliphatic carbocycles. The summed E-state index contributed by atoms with van der Waals surface area (Å²) in [6, 6.07) is 18.8. The number of likely N-dealkylation sites (N-methyl/N-ethyl adjacent to an activating group) is 1. The van der Waals surface area contributed by atoms with Gasteiger partial charge in [-0.2, -0.15) is 0 Å². The number of likely N-dealkylation sites (tertiary alicyclic amines) is 1. The third-order valence-electron chi connectivity index (χ3n) is 4.86. The van der Waals surface area contributed by atoms with Crippen LogP contribution in [0.1, 0.15) is 23.7 Å². The highest BCUT2D eigenvalue weighted by atomic mass is 16.2. The van der Waals surface area contributed by atoms with Gasteiger partial charge in [-0.3, -0.25) is 4.79 Å². The van der Waals surface area contributed by atoms with E-state index in [-0.39, 0.29) is 11.8 Å². The number of carbonyl (C=O) groups is 1. The van der Waals surface area contributed by atoms with E-state index in [9.17, 15) is 4.79 Å². The smallest absolute Gasteiger partial charge is 0.223 e. The van der Waals surface area contributed by atoms with Crippen molar-refractivity contribution in [2.45, 2.75) is 25.3 Å². The van der Waals surface area contributed by atoms with E-state index in [0.29, 0.717) is 6.42 Å². The van der Waals surface area contributed by atoms with Crippen molar-refractivity contribution in [3.05, 3.63) is 66.0 Å². The lowest BCUT2D eigenvalue weighted by Gasteiger charge is -2.14. The van der Waals surface area contributed by atoms with E-state index < -0.39 is 0 Å². The Morgan fingerprint density at radius 2 is 1.83 bits per heavy atom. The third-order valence-corrected chi connectivity index (χ3v) is 4.86. The predicted molar refractivity (Wildman–Crippen MR) is 94.9 cm³/mol. The molecule has 122 valence electrons. The molecule has 4 nitrogen and oxygen atoms in total. The van der Waals surface area contributed by atoms with Gasteiger partial charge in [-0.05, 0) is 24.1 Å². The van der Waals surface area contributed by atoms with Crippen molar-refractivity contribution >= 4 is 16.9 Å². The predicted octanol–water partition coefficient (Wildman–Crippen LogP) is 3.22. The zero-order valence-corrected chi connectivity index (χ0v) is 13.9. The van der Waals surface area contributed by atoms with Gasteiger partial charge in [-0.15, -0.1) is 0 Å². The molecule has 0 spiro atoms. The lowest BCUT2D eigenvalue weighted by Crippen LogP contribution is -2.19. The second-order valence-electron chi connectivity index (χ2n) is 6.52. The van der Waals surface area contributed by atoms with E-state index in [1.807, 2.05) is 24.1 Å². The molecular formula is C20H21N3O. The Morgan fingerprint density at radius 1 is 1.08 bits per heavy atom. The minimum atomic E-state index is 0.186. The lowest BCUT2D eigenvalue weighted by molar-refractivity contribution is -0.126. The van der Waals surface area contributed by atoms with Gasteiger partial charge in [0.1, 0.15) is 5.82 Å². The first kappa shape index (κ1) is 14.9. The number of aromatic nitrogens is 2. The van der Waals surface area contributed by atoms with Crippen LogP contribution in [-0.4, -0.2) is 34.0 Å². The number of nitrogens with zero attached hydrogens (tertiary/aromatic N) is 3. The Labute approximate surface area is 141 Å². The zero-order chi connectivity index (χ0) is 16.5. The van der Waals surface area contributed by atoms with Crippen LogP contribution in [0.25, 0.3) is 11.0 Å². The number of rotatable bonds is 4. The molecule has 1 aliphatic heterocycles. The van der Waals surface area contributed by atoms with Crippen molar-refractivity contribution in [3.63, 3.8) is 0 Å². The summed E-state index contributed by atoms with van der Waals surface area (Å²) in [5, 5.41) is 0. The molecule has 1 saturated heterocycles. The number of para-hydroxylation sites is 2. The standard InChI is InChI=1S/C20H21N3O/c1-22-14-16(13-19(22)24)20-21-17-9-5-6-10-18(17)23(20)12-11-15-7-3-2-4-8-15/h2-10,16H,11-14H2,1H3/t16-/m0/s1. The van der Waals surface area contributed by atoms with Gasteiger partial charge in [0.2, 0.25) is 5.91 Å². The van der Waals surface area contributed by atoms with Crippen LogP contribution in [0.4, 0.5) is 0 Å². The van der Waals surface area contributed by atoms with Crippen molar-refractivity contribution in [1.82, 2.24) is 14.5 Å². The van der Waals surface area contributed by atoms with E-state index in [0.717, 1.165) is 36.4 Å². The maximum Gasteiger partial charge on any atom is 0.223 e. The van der Waals surface area contributed by atoms with E-state index in [2.05, 4.69) is 47.0 Å². The summed E-state index contributed by atoms with van der Waals surface area (Å²) in [5.41, 5.74) is 3.49. The monoisotopic (exact) mass is 319 g/mol. The van der Waals surface area contributed by atoms with Crippen molar-refractivity contribution < 1.29 is 4.79 Å². The molecule has 1 aromatic heterocycles. The second kappa shape index (κ2) is 6.11. The van der Waals surface area contributed by atoms with Crippen molar-refractivity contribution in [2.75, 3.05) is 13.6 Å². The largest absolute Gasteiger partial charge is 0.345 e. The van der Waals surface area contributed by atoms with Crippen LogP contribution in [0.15, 0.2) is 54.6 Å². The van der Waals surface area contributed by atoms with Gasteiger partial charge in [-0.25, -0.2) is 4.98 Å². The van der Waals surface area contributed by atoms with Crippen molar-refractivity contribution in [2.24, 2.45) is 0 Å². The first-order valence-electron chi connectivity index (χ1n) is 8.45. The molecule has 2 heterocycles. The molecule has 2 aromatic carbocycles. The Hall–Kier alpha value is -2.62. The highest BCUT2D eigenvalue weighted by molar-refractivity contribution is 5.80. The Kier molecular flexibility index (Phi) is 3.81. The molecule has 24 heavy (non-hydrogen) atoms. The SMILES string of the molecule is CN1C[C@@H](c2nc3ccccc3n2CCc2ccccc2)CC1=O. The number of hydrogen-bond donors (Lipinski definition) is 0. The molecule has 1 fully saturated rings. The fourth-order valence-corrected chi connectivity index (χ4v) is 3.56. The average molecular weight is 319 g/mol. The van der Waals surface area contributed by atoms with Crippen LogP contribution >= 0.6 is 0 Å². The summed E-state index contributed by atoms with van der Waals surface area (Å²) in [6.45, 7) is 1.64. The van der Waals surface area contributed by atoms with E-state index in [1.165, 1.54) is 5.56 Å². The van der Waals surface area contributed by atoms with Crippen LogP contribution in [0.2, 0.25) is 0 Å². The number of imidazole rings is 1. The Morgan fingerprint density at radius 3 is 2.58 bits per heavy atom. The fraction of sp³-hybridized carbons (Fsp3) is 0.300. The highest BCUT2D eigenvalue weighted by Crippen LogP contribution is 2.29. The van der Waals surface area contributed by atoms with Crippen LogP contribution in [0, 0.1) is 0 Å². The molecule has 4 heteroatoms. The molecule has 1 amide bonds. The van der Waals surface area contributed by atoms with Crippen molar-refractivity contribution in [1.29, 1.82) is 0 Å². The van der Waals surface area contributed by atoms with Gasteiger partial charge in [0, 0.05) is 32.5 Å². The molecule has 0 radical (unpaired) electrons. The molecule has 1 atom stereocenters. The lowest BCUT2D eigenvalue weighted by atomic mass is 10.1. The van der Waals surface area contributed by atoms with Gasteiger partial charge in [0.05, 0.1) is 11.0 Å². The van der Waals surface area contributed by atoms with Crippen LogP contribution in [-0.2, 0) is 17.8 Å². The number of amides is 1. The maximum absolute atomic E-state index is 12.0. The molecule has 1 aliphatic rings.